The van der Waals surface area contributed by atoms with E-state index >= 15 is 0 Å². The molecule has 4 atom stereocenters. The number of hydrogen-bond donors (Lipinski definition) is 3. The van der Waals surface area contributed by atoms with Gasteiger partial charge in [-0.05, 0) is 74.6 Å². The summed E-state index contributed by atoms with van der Waals surface area (Å²) in [7, 11) is 0. The summed E-state index contributed by atoms with van der Waals surface area (Å²) in [5, 5.41) is 32.0. The molecule has 0 heterocycles. The van der Waals surface area contributed by atoms with Crippen LogP contribution in [0.3, 0.4) is 0 Å². The van der Waals surface area contributed by atoms with Crippen molar-refractivity contribution >= 4 is 0 Å². The third-order valence-electron chi connectivity index (χ3n) is 6.53. The molecule has 0 aliphatic heterocycles. The maximum Gasteiger partial charge on any atom is 0.115 e. The number of rotatable bonds is 3. The van der Waals surface area contributed by atoms with Gasteiger partial charge in [-0.3, -0.25) is 0 Å². The zero-order chi connectivity index (χ0) is 16.9. The van der Waals surface area contributed by atoms with Crippen LogP contribution in [0.5, 0.6) is 5.75 Å². The summed E-state index contributed by atoms with van der Waals surface area (Å²) >= 11 is 0. The van der Waals surface area contributed by atoms with Gasteiger partial charge < -0.3 is 15.3 Å². The summed E-state index contributed by atoms with van der Waals surface area (Å²) in [4.78, 5) is 0. The Morgan fingerprint density at radius 3 is 2.74 bits per heavy atom. The number of aryl methyl sites for hydroxylation is 1. The van der Waals surface area contributed by atoms with Crippen molar-refractivity contribution in [3.8, 4) is 5.75 Å². The van der Waals surface area contributed by atoms with Crippen molar-refractivity contribution in [2.45, 2.75) is 69.0 Å². The van der Waals surface area contributed by atoms with Gasteiger partial charge in [-0.1, -0.05) is 19.1 Å². The molecular weight excluding hydrogens is 288 g/mol. The maximum atomic E-state index is 11.1. The van der Waals surface area contributed by atoms with Crippen molar-refractivity contribution in [1.29, 1.82) is 0 Å². The Kier molecular flexibility index (Phi) is 3.85. The van der Waals surface area contributed by atoms with E-state index in [9.17, 15) is 15.3 Å². The molecule has 1 fully saturated rings. The standard InChI is InChI=1S/C20H28O3/c1-4-10-20(23)12-15-7-6-14-11-16(21)8-9-17(14)19(15,5-2)13-18(20,3)22/h4,8-9,11,15,21-23H,1,5-7,10,12-13H2,2-3H3/t15-,18-,19-,20+/m1/s1. The van der Waals surface area contributed by atoms with Crippen molar-refractivity contribution in [3.05, 3.63) is 42.0 Å². The zero-order valence-corrected chi connectivity index (χ0v) is 14.2. The highest BCUT2D eigenvalue weighted by molar-refractivity contribution is 5.44. The van der Waals surface area contributed by atoms with E-state index in [4.69, 9.17) is 0 Å². The van der Waals surface area contributed by atoms with Crippen molar-refractivity contribution in [2.75, 3.05) is 0 Å². The maximum absolute atomic E-state index is 11.1. The van der Waals surface area contributed by atoms with E-state index in [0.717, 1.165) is 19.3 Å². The summed E-state index contributed by atoms with van der Waals surface area (Å²) in [5.41, 5.74) is 0.0493. The molecule has 126 valence electrons. The monoisotopic (exact) mass is 316 g/mol. The van der Waals surface area contributed by atoms with Crippen LogP contribution in [0.1, 0.15) is 57.1 Å². The molecule has 0 spiro atoms. The normalized spacial score (nSPS) is 39.4. The Labute approximate surface area is 138 Å². The van der Waals surface area contributed by atoms with Crippen LogP contribution in [0.15, 0.2) is 30.9 Å². The Morgan fingerprint density at radius 1 is 1.35 bits per heavy atom. The SMILES string of the molecule is C=CC[C@]1(O)C[C@H]2CCc3cc(O)ccc3[C@]2(CC)C[C@@]1(C)O. The van der Waals surface area contributed by atoms with E-state index in [2.05, 4.69) is 13.5 Å². The third-order valence-corrected chi connectivity index (χ3v) is 6.53. The molecule has 23 heavy (non-hydrogen) atoms. The molecule has 3 heteroatoms. The lowest BCUT2D eigenvalue weighted by atomic mass is 9.49. The lowest BCUT2D eigenvalue weighted by Crippen LogP contribution is -2.63. The molecule has 3 rings (SSSR count). The number of phenolic OH excluding ortho intramolecular Hbond substituents is 1. The van der Waals surface area contributed by atoms with Gasteiger partial charge >= 0.3 is 0 Å². The molecule has 1 saturated carbocycles. The molecule has 0 saturated heterocycles. The minimum Gasteiger partial charge on any atom is -0.508 e. The first-order chi connectivity index (χ1) is 10.8. The molecule has 3 nitrogen and oxygen atoms in total. The van der Waals surface area contributed by atoms with Gasteiger partial charge in [-0.15, -0.1) is 6.58 Å². The smallest absolute Gasteiger partial charge is 0.115 e. The molecule has 1 aromatic carbocycles. The van der Waals surface area contributed by atoms with Gasteiger partial charge in [0, 0.05) is 5.41 Å². The third kappa shape index (κ3) is 2.33. The molecule has 0 amide bonds. The summed E-state index contributed by atoms with van der Waals surface area (Å²) in [6.07, 6.45) is 6.10. The summed E-state index contributed by atoms with van der Waals surface area (Å²) in [6, 6.07) is 5.63. The van der Waals surface area contributed by atoms with E-state index in [-0.39, 0.29) is 5.41 Å². The van der Waals surface area contributed by atoms with Gasteiger partial charge in [-0.25, -0.2) is 0 Å². The highest BCUT2D eigenvalue weighted by Gasteiger charge is 2.59. The molecule has 3 N–H and O–H groups in total. The summed E-state index contributed by atoms with van der Waals surface area (Å²) < 4.78 is 0. The zero-order valence-electron chi connectivity index (χ0n) is 14.2. The Balaban J connectivity index is 2.10. The number of phenols is 1. The van der Waals surface area contributed by atoms with E-state index < -0.39 is 11.2 Å². The van der Waals surface area contributed by atoms with E-state index in [1.54, 1.807) is 19.1 Å². The average Bonchev–Trinajstić information content (AvgIpc) is 2.48. The second kappa shape index (κ2) is 5.35. The second-order valence-corrected chi connectivity index (χ2v) is 7.77. The number of hydrogen-bond acceptors (Lipinski definition) is 3. The van der Waals surface area contributed by atoms with Crippen LogP contribution in [-0.2, 0) is 11.8 Å². The van der Waals surface area contributed by atoms with Crippen LogP contribution >= 0.6 is 0 Å². The number of fused-ring (bicyclic) bond motifs is 3. The number of benzene rings is 1. The average molecular weight is 316 g/mol. The highest BCUT2D eigenvalue weighted by atomic mass is 16.4. The van der Waals surface area contributed by atoms with Crippen LogP contribution in [0, 0.1) is 5.92 Å². The van der Waals surface area contributed by atoms with Crippen molar-refractivity contribution in [3.63, 3.8) is 0 Å². The molecule has 2 aliphatic rings. The van der Waals surface area contributed by atoms with Gasteiger partial charge in [0.1, 0.15) is 5.75 Å². The van der Waals surface area contributed by atoms with Crippen LogP contribution in [0.25, 0.3) is 0 Å². The molecule has 0 aromatic heterocycles. The molecule has 0 bridgehead atoms. The molecule has 1 aromatic rings. The summed E-state index contributed by atoms with van der Waals surface area (Å²) in [5.74, 6) is 0.647. The van der Waals surface area contributed by atoms with E-state index in [1.807, 2.05) is 12.1 Å². The second-order valence-electron chi connectivity index (χ2n) is 7.77. The first-order valence-corrected chi connectivity index (χ1v) is 8.66. The largest absolute Gasteiger partial charge is 0.508 e. The van der Waals surface area contributed by atoms with Crippen LogP contribution in [0.4, 0.5) is 0 Å². The van der Waals surface area contributed by atoms with Gasteiger partial charge in [0.25, 0.3) is 0 Å². The van der Waals surface area contributed by atoms with Gasteiger partial charge in [0.05, 0.1) is 11.2 Å². The lowest BCUT2D eigenvalue weighted by Gasteiger charge is -2.58. The van der Waals surface area contributed by atoms with E-state index in [1.165, 1.54) is 11.1 Å². The van der Waals surface area contributed by atoms with Gasteiger partial charge in [-0.2, -0.15) is 0 Å². The fourth-order valence-corrected chi connectivity index (χ4v) is 5.19. The van der Waals surface area contributed by atoms with Gasteiger partial charge in [0.2, 0.25) is 0 Å². The Morgan fingerprint density at radius 2 is 2.09 bits per heavy atom. The number of aliphatic hydroxyl groups is 2. The van der Waals surface area contributed by atoms with Gasteiger partial charge in [0.15, 0.2) is 0 Å². The van der Waals surface area contributed by atoms with Crippen molar-refractivity contribution in [1.82, 2.24) is 0 Å². The minimum atomic E-state index is -1.15. The van der Waals surface area contributed by atoms with Crippen LogP contribution < -0.4 is 0 Å². The van der Waals surface area contributed by atoms with Crippen molar-refractivity contribution in [2.24, 2.45) is 5.92 Å². The predicted molar refractivity (Wildman–Crippen MR) is 91.5 cm³/mol. The van der Waals surface area contributed by atoms with Crippen LogP contribution in [-0.4, -0.2) is 26.5 Å². The van der Waals surface area contributed by atoms with Crippen molar-refractivity contribution < 1.29 is 15.3 Å². The Hall–Kier alpha value is -1.32. The lowest BCUT2D eigenvalue weighted by molar-refractivity contribution is -0.196. The first-order valence-electron chi connectivity index (χ1n) is 8.66. The molecular formula is C20H28O3. The topological polar surface area (TPSA) is 60.7 Å². The quantitative estimate of drug-likeness (QED) is 0.749. The summed E-state index contributed by atoms with van der Waals surface area (Å²) in [6.45, 7) is 7.69. The molecule has 0 unspecified atom stereocenters. The van der Waals surface area contributed by atoms with Crippen LogP contribution in [0.2, 0.25) is 0 Å². The fraction of sp³-hybridized carbons (Fsp3) is 0.600. The first kappa shape index (κ1) is 16.5. The Bertz CT molecular complexity index is 621. The highest BCUT2D eigenvalue weighted by Crippen LogP contribution is 2.58. The predicted octanol–water partition coefficient (Wildman–Crippen LogP) is 3.45. The number of aromatic hydroxyl groups is 1. The molecule has 0 radical (unpaired) electrons. The molecule has 2 aliphatic carbocycles. The van der Waals surface area contributed by atoms with E-state index in [0.29, 0.717) is 30.9 Å². The fourth-order valence-electron chi connectivity index (χ4n) is 5.19. The minimum absolute atomic E-state index is 0.127.